The normalized spacial score (nSPS) is 9.21. The average molecular weight is 192 g/mol. The van der Waals surface area contributed by atoms with Gasteiger partial charge in [-0.3, -0.25) is 9.59 Å². The van der Waals surface area contributed by atoms with E-state index in [1.807, 2.05) is 0 Å². The van der Waals surface area contributed by atoms with Crippen molar-refractivity contribution < 1.29 is 9.59 Å². The molecule has 0 heterocycles. The number of hydrogen-bond acceptors (Lipinski definition) is 4. The quantitative estimate of drug-likeness (QED) is 0.578. The van der Waals surface area contributed by atoms with Gasteiger partial charge in [-0.25, -0.2) is 0 Å². The molecule has 5 nitrogen and oxygen atoms in total. The van der Waals surface area contributed by atoms with E-state index >= 15 is 0 Å². The molecule has 0 fully saturated rings. The van der Waals surface area contributed by atoms with E-state index in [1.54, 1.807) is 0 Å². The summed E-state index contributed by atoms with van der Waals surface area (Å²) in [6.45, 7) is 0. The first-order valence-corrected chi connectivity index (χ1v) is 3.87. The number of carbonyl (C=O) groups excluding carboxylic acids is 2. The molecule has 0 aliphatic rings. The molecule has 1 amide bonds. The Kier molecular flexibility index (Phi) is 3.06. The second-order valence-corrected chi connectivity index (χ2v) is 2.56. The van der Waals surface area contributed by atoms with Crippen molar-refractivity contribution >= 4 is 17.9 Å². The summed E-state index contributed by atoms with van der Waals surface area (Å²) in [6, 6.07) is 4.11. The second-order valence-electron chi connectivity index (χ2n) is 2.56. The summed E-state index contributed by atoms with van der Waals surface area (Å²) >= 11 is 0. The van der Waals surface area contributed by atoms with Crippen molar-refractivity contribution in [3.05, 3.63) is 34.2 Å². The van der Waals surface area contributed by atoms with Crippen LogP contribution >= 0.6 is 0 Å². The fourth-order valence-corrected chi connectivity index (χ4v) is 1.01. The molecule has 1 aromatic rings. The lowest BCUT2D eigenvalue weighted by atomic mass is 10.1. The van der Waals surface area contributed by atoms with Gasteiger partial charge in [0.15, 0.2) is 6.29 Å². The number of aldehydes is 1. The molecule has 72 valence electrons. The van der Waals surface area contributed by atoms with Gasteiger partial charge in [0, 0.05) is 18.2 Å². The molecule has 0 atom stereocenters. The Bertz CT molecular complexity index is 388. The van der Waals surface area contributed by atoms with E-state index in [0.29, 0.717) is 11.8 Å². The van der Waals surface area contributed by atoms with Gasteiger partial charge in [0.2, 0.25) is 0 Å². The van der Waals surface area contributed by atoms with E-state index < -0.39 is 0 Å². The Hall–Kier alpha value is -2.04. The summed E-state index contributed by atoms with van der Waals surface area (Å²) in [5.41, 5.74) is 0.446. The monoisotopic (exact) mass is 192 g/mol. The Balaban J connectivity index is 3.20. The molecular weight excluding hydrogens is 184 g/mol. The Morgan fingerprint density at radius 1 is 1.50 bits per heavy atom. The van der Waals surface area contributed by atoms with Gasteiger partial charge in [-0.05, 0) is 23.4 Å². The summed E-state index contributed by atoms with van der Waals surface area (Å²) in [7, 11) is 1.48. The Labute approximate surface area is 80.1 Å². The van der Waals surface area contributed by atoms with E-state index in [-0.39, 0.29) is 17.2 Å². The minimum atomic E-state index is -0.327. The zero-order valence-electron chi connectivity index (χ0n) is 7.48. The highest BCUT2D eigenvalue weighted by Gasteiger charge is 2.07. The van der Waals surface area contributed by atoms with Crippen LogP contribution in [0.1, 0.15) is 20.7 Å². The van der Waals surface area contributed by atoms with E-state index in [1.165, 1.54) is 25.2 Å². The fraction of sp³-hybridized carbons (Fsp3) is 0.111. The maximum Gasteiger partial charge on any atom is 0.251 e. The maximum absolute atomic E-state index is 11.1. The van der Waals surface area contributed by atoms with Crippen LogP contribution in [-0.2, 0) is 0 Å². The summed E-state index contributed by atoms with van der Waals surface area (Å²) in [6.07, 6.45) is 0.518. The van der Waals surface area contributed by atoms with Gasteiger partial charge < -0.3 is 5.32 Å². The van der Waals surface area contributed by atoms with Crippen LogP contribution in [-0.4, -0.2) is 19.2 Å². The summed E-state index contributed by atoms with van der Waals surface area (Å²) in [5.74, 6) is -0.327. The second kappa shape index (κ2) is 4.27. The van der Waals surface area contributed by atoms with Crippen molar-refractivity contribution in [2.75, 3.05) is 7.05 Å². The first-order chi connectivity index (χ1) is 6.72. The van der Waals surface area contributed by atoms with E-state index in [4.69, 9.17) is 0 Å². The molecule has 0 unspecified atom stereocenters. The smallest absolute Gasteiger partial charge is 0.251 e. The zero-order chi connectivity index (χ0) is 10.6. The van der Waals surface area contributed by atoms with Crippen molar-refractivity contribution in [1.82, 2.24) is 5.32 Å². The Morgan fingerprint density at radius 3 is 2.71 bits per heavy atom. The molecule has 1 rings (SSSR count). The van der Waals surface area contributed by atoms with E-state index in [0.717, 1.165) is 0 Å². The van der Waals surface area contributed by atoms with Crippen LogP contribution in [0.3, 0.4) is 0 Å². The third-order valence-electron chi connectivity index (χ3n) is 1.75. The van der Waals surface area contributed by atoms with Crippen LogP contribution in [0.2, 0.25) is 0 Å². The molecule has 5 heteroatoms. The van der Waals surface area contributed by atoms with Crippen LogP contribution in [0.15, 0.2) is 23.4 Å². The lowest BCUT2D eigenvalue weighted by Crippen LogP contribution is -2.17. The number of nitrogens with one attached hydrogen (secondary N) is 1. The van der Waals surface area contributed by atoms with Gasteiger partial charge in [-0.15, -0.1) is 4.91 Å². The van der Waals surface area contributed by atoms with Crippen LogP contribution in [0.25, 0.3) is 0 Å². The van der Waals surface area contributed by atoms with E-state index in [2.05, 4.69) is 10.5 Å². The number of benzene rings is 1. The van der Waals surface area contributed by atoms with Crippen molar-refractivity contribution in [3.8, 4) is 0 Å². The van der Waals surface area contributed by atoms with Gasteiger partial charge in [0.05, 0.1) is 0 Å². The number of hydrogen-bond donors (Lipinski definition) is 1. The third kappa shape index (κ3) is 1.82. The predicted octanol–water partition coefficient (Wildman–Crippen LogP) is 1.26. The number of nitroso groups, excluding NO2 is 1. The van der Waals surface area contributed by atoms with Crippen LogP contribution in [0.5, 0.6) is 0 Å². The summed E-state index contributed by atoms with van der Waals surface area (Å²) in [4.78, 5) is 31.9. The highest BCUT2D eigenvalue weighted by Crippen LogP contribution is 2.18. The molecule has 0 aliphatic heterocycles. The van der Waals surface area contributed by atoms with Crippen molar-refractivity contribution in [3.63, 3.8) is 0 Å². The number of carbonyl (C=O) groups is 2. The minimum absolute atomic E-state index is 0.0268. The summed E-state index contributed by atoms with van der Waals surface area (Å²) < 4.78 is 0. The highest BCUT2D eigenvalue weighted by atomic mass is 16.3. The first kappa shape index (κ1) is 10.0. The number of amides is 1. The molecule has 1 aromatic carbocycles. The Morgan fingerprint density at radius 2 is 2.21 bits per heavy atom. The third-order valence-corrected chi connectivity index (χ3v) is 1.75. The molecule has 14 heavy (non-hydrogen) atoms. The highest BCUT2D eigenvalue weighted by molar-refractivity contribution is 5.96. The largest absolute Gasteiger partial charge is 0.355 e. The van der Waals surface area contributed by atoms with Crippen LogP contribution < -0.4 is 5.32 Å². The molecule has 0 radical (unpaired) electrons. The van der Waals surface area contributed by atoms with Crippen LogP contribution in [0, 0.1) is 4.91 Å². The number of rotatable bonds is 3. The zero-order valence-corrected chi connectivity index (χ0v) is 7.48. The lowest BCUT2D eigenvalue weighted by molar-refractivity contribution is 0.0962. The molecule has 0 saturated carbocycles. The molecule has 0 aromatic heterocycles. The lowest BCUT2D eigenvalue weighted by Gasteiger charge is -2.00. The van der Waals surface area contributed by atoms with Crippen molar-refractivity contribution in [1.29, 1.82) is 0 Å². The van der Waals surface area contributed by atoms with Gasteiger partial charge >= 0.3 is 0 Å². The maximum atomic E-state index is 11.1. The molecule has 0 aliphatic carbocycles. The minimum Gasteiger partial charge on any atom is -0.355 e. The predicted molar refractivity (Wildman–Crippen MR) is 50.7 cm³/mol. The van der Waals surface area contributed by atoms with Crippen LogP contribution in [0.4, 0.5) is 5.69 Å². The van der Waals surface area contributed by atoms with Crippen molar-refractivity contribution in [2.24, 2.45) is 5.18 Å². The van der Waals surface area contributed by atoms with Crippen molar-refractivity contribution in [2.45, 2.75) is 0 Å². The molecule has 0 bridgehead atoms. The van der Waals surface area contributed by atoms with Gasteiger partial charge in [-0.1, -0.05) is 0 Å². The molecule has 0 saturated heterocycles. The SMILES string of the molecule is CNC(=O)c1ccc(C=O)c(N=O)c1. The molecule has 0 spiro atoms. The van der Waals surface area contributed by atoms with Gasteiger partial charge in [-0.2, -0.15) is 0 Å². The summed E-state index contributed by atoms with van der Waals surface area (Å²) in [5, 5.41) is 5.06. The molecular formula is C9H8N2O3. The fourth-order valence-electron chi connectivity index (χ4n) is 1.01. The van der Waals surface area contributed by atoms with Gasteiger partial charge in [0.1, 0.15) is 5.69 Å². The standard InChI is InChI=1S/C9H8N2O3/c1-10-9(13)6-2-3-7(5-12)8(4-6)11-14/h2-5H,1H3,(H,10,13). The molecule has 1 N–H and O–H groups in total. The topological polar surface area (TPSA) is 75.6 Å². The first-order valence-electron chi connectivity index (χ1n) is 3.87. The van der Waals surface area contributed by atoms with E-state index in [9.17, 15) is 14.5 Å². The van der Waals surface area contributed by atoms with Gasteiger partial charge in [0.25, 0.3) is 5.91 Å². The average Bonchev–Trinajstić information content (AvgIpc) is 2.26. The number of nitrogens with zero attached hydrogens (tertiary/aromatic N) is 1.